The van der Waals surface area contributed by atoms with Crippen molar-refractivity contribution in [1.82, 2.24) is 24.9 Å². The van der Waals surface area contributed by atoms with Crippen molar-refractivity contribution in [2.24, 2.45) is 10.8 Å². The van der Waals surface area contributed by atoms with Crippen LogP contribution < -0.4 is 0 Å². The molecular weight excluding hydrogens is 514 g/mol. The minimum absolute atomic E-state index is 0.0572. The van der Waals surface area contributed by atoms with E-state index in [4.69, 9.17) is 0 Å². The van der Waals surface area contributed by atoms with Gasteiger partial charge in [-0.05, 0) is 53.0 Å². The maximum atomic E-state index is 14.2. The number of hydrogen-bond acceptors (Lipinski definition) is 4. The highest BCUT2D eigenvalue weighted by atomic mass is 16.2. The number of H-pyrrole nitrogens is 1. The van der Waals surface area contributed by atoms with Gasteiger partial charge < -0.3 is 14.7 Å². The van der Waals surface area contributed by atoms with E-state index in [0.717, 1.165) is 29.3 Å². The Morgan fingerprint density at radius 1 is 1.05 bits per heavy atom. The second-order valence-corrected chi connectivity index (χ2v) is 13.9. The van der Waals surface area contributed by atoms with Crippen molar-refractivity contribution < 1.29 is 14.4 Å². The Balaban J connectivity index is 1.08. The molecule has 7 rings (SSSR count). The van der Waals surface area contributed by atoms with Crippen LogP contribution in [-0.4, -0.2) is 68.3 Å². The number of carbonyl (C=O) groups excluding carboxylic acids is 3. The summed E-state index contributed by atoms with van der Waals surface area (Å²) in [7, 11) is 0. The van der Waals surface area contributed by atoms with Gasteiger partial charge in [0.25, 0.3) is 0 Å². The molecular formula is C33H39N5O3. The number of rotatable bonds is 4. The van der Waals surface area contributed by atoms with Gasteiger partial charge >= 0.3 is 0 Å². The molecule has 2 aromatic carbocycles. The predicted molar refractivity (Wildman–Crippen MR) is 156 cm³/mol. The molecule has 1 unspecified atom stereocenters. The lowest BCUT2D eigenvalue weighted by Gasteiger charge is -2.41. The van der Waals surface area contributed by atoms with Crippen molar-refractivity contribution in [2.75, 3.05) is 19.6 Å². The first-order valence-corrected chi connectivity index (χ1v) is 15.0. The molecule has 1 aromatic heterocycles. The van der Waals surface area contributed by atoms with Crippen LogP contribution in [0.3, 0.4) is 0 Å². The molecule has 4 aliphatic rings. The number of nitrogens with zero attached hydrogens (tertiary/aromatic N) is 4. The lowest BCUT2D eigenvalue weighted by molar-refractivity contribution is -0.145. The number of hydrogen-bond donors (Lipinski definition) is 1. The average Bonchev–Trinajstić information content (AvgIpc) is 3.47. The van der Waals surface area contributed by atoms with E-state index >= 15 is 0 Å². The molecule has 0 spiro atoms. The van der Waals surface area contributed by atoms with Gasteiger partial charge in [-0.2, -0.15) is 5.10 Å². The van der Waals surface area contributed by atoms with E-state index in [2.05, 4.69) is 49.2 Å². The smallest absolute Gasteiger partial charge is 0.230 e. The summed E-state index contributed by atoms with van der Waals surface area (Å²) < 4.78 is 0. The zero-order valence-corrected chi connectivity index (χ0v) is 24.3. The molecule has 1 saturated heterocycles. The average molecular weight is 554 g/mol. The quantitative estimate of drug-likeness (QED) is 0.519. The molecule has 1 saturated carbocycles. The number of nitrogens with one attached hydrogen (secondary N) is 1. The summed E-state index contributed by atoms with van der Waals surface area (Å²) in [5.74, 6) is 0.424. The number of amides is 3. The lowest BCUT2D eigenvalue weighted by Crippen LogP contribution is -2.50. The van der Waals surface area contributed by atoms with Crippen molar-refractivity contribution in [2.45, 2.75) is 77.9 Å². The molecule has 1 N–H and O–H groups in total. The van der Waals surface area contributed by atoms with Crippen molar-refractivity contribution in [3.8, 4) is 0 Å². The zero-order chi connectivity index (χ0) is 28.5. The second-order valence-electron chi connectivity index (χ2n) is 13.9. The monoisotopic (exact) mass is 553 g/mol. The van der Waals surface area contributed by atoms with Crippen LogP contribution in [0.5, 0.6) is 0 Å². The van der Waals surface area contributed by atoms with Gasteiger partial charge in [0.1, 0.15) is 0 Å². The SMILES string of the molecule is CC(C)(C)CN1Cc2c(ccc3[nH]ncc23)[C@H]2CC2(CC(=O)N2CCC(N3Cc4ccccc4CC3=O)CC2)C1=O. The summed E-state index contributed by atoms with van der Waals surface area (Å²) in [6.07, 6.45) is 4.85. The van der Waals surface area contributed by atoms with E-state index in [0.29, 0.717) is 45.6 Å². The molecule has 41 heavy (non-hydrogen) atoms. The van der Waals surface area contributed by atoms with Gasteiger partial charge in [-0.15, -0.1) is 0 Å². The minimum atomic E-state index is -0.672. The van der Waals surface area contributed by atoms with Crippen LogP contribution in [0.1, 0.15) is 74.6 Å². The molecule has 4 heterocycles. The number of carbonyl (C=O) groups is 3. The Morgan fingerprint density at radius 3 is 2.56 bits per heavy atom. The van der Waals surface area contributed by atoms with Gasteiger partial charge in [0.2, 0.25) is 17.7 Å². The van der Waals surface area contributed by atoms with Gasteiger partial charge in [-0.25, -0.2) is 0 Å². The van der Waals surface area contributed by atoms with Gasteiger partial charge in [0.15, 0.2) is 0 Å². The number of benzene rings is 2. The molecule has 2 atom stereocenters. The summed E-state index contributed by atoms with van der Waals surface area (Å²) in [6.45, 7) is 9.56. The maximum Gasteiger partial charge on any atom is 0.230 e. The highest BCUT2D eigenvalue weighted by Gasteiger charge is 2.64. The second kappa shape index (κ2) is 9.43. The van der Waals surface area contributed by atoms with Crippen LogP contribution in [0.2, 0.25) is 0 Å². The van der Waals surface area contributed by atoms with Gasteiger partial charge in [-0.1, -0.05) is 51.1 Å². The van der Waals surface area contributed by atoms with Crippen molar-refractivity contribution in [3.05, 3.63) is 64.8 Å². The number of likely N-dealkylation sites (tertiary alicyclic amines) is 1. The molecule has 3 aromatic rings. The first-order valence-electron chi connectivity index (χ1n) is 15.0. The molecule has 214 valence electrons. The number of aromatic nitrogens is 2. The number of aromatic amines is 1. The third-order valence-electron chi connectivity index (χ3n) is 9.80. The van der Waals surface area contributed by atoms with E-state index in [1.807, 2.05) is 39.1 Å². The molecule has 1 aliphatic carbocycles. The predicted octanol–water partition coefficient (Wildman–Crippen LogP) is 4.39. The van der Waals surface area contributed by atoms with E-state index < -0.39 is 5.41 Å². The number of fused-ring (bicyclic) bond motifs is 6. The molecule has 0 radical (unpaired) electrons. The fourth-order valence-electron chi connectivity index (χ4n) is 7.66. The summed E-state index contributed by atoms with van der Waals surface area (Å²) in [5.41, 5.74) is 4.96. The third kappa shape index (κ3) is 4.52. The van der Waals surface area contributed by atoms with E-state index in [9.17, 15) is 14.4 Å². The van der Waals surface area contributed by atoms with Crippen LogP contribution in [0.25, 0.3) is 10.9 Å². The van der Waals surface area contributed by atoms with E-state index in [-0.39, 0.29) is 41.5 Å². The first-order chi connectivity index (χ1) is 19.6. The maximum absolute atomic E-state index is 14.2. The molecule has 8 heteroatoms. The van der Waals surface area contributed by atoms with E-state index in [1.54, 1.807) is 0 Å². The Bertz CT molecular complexity index is 1550. The van der Waals surface area contributed by atoms with Gasteiger partial charge in [0.05, 0.1) is 23.5 Å². The van der Waals surface area contributed by atoms with Crippen LogP contribution in [0.15, 0.2) is 42.6 Å². The molecule has 0 bridgehead atoms. The van der Waals surface area contributed by atoms with Crippen LogP contribution in [0.4, 0.5) is 0 Å². The Labute approximate surface area is 241 Å². The van der Waals surface area contributed by atoms with Gasteiger partial charge in [0, 0.05) is 56.5 Å². The summed E-state index contributed by atoms with van der Waals surface area (Å²) in [4.78, 5) is 46.9. The molecule has 3 aliphatic heterocycles. The fourth-order valence-corrected chi connectivity index (χ4v) is 7.66. The van der Waals surface area contributed by atoms with Crippen molar-refractivity contribution >= 4 is 28.6 Å². The number of piperidine rings is 1. The van der Waals surface area contributed by atoms with Crippen LogP contribution in [0, 0.1) is 10.8 Å². The first kappa shape index (κ1) is 26.2. The van der Waals surface area contributed by atoms with Crippen molar-refractivity contribution in [3.63, 3.8) is 0 Å². The largest absolute Gasteiger partial charge is 0.343 e. The standard InChI is InChI=1S/C33H39N5O3/c1-32(2,3)20-37-19-26-24(8-9-28-25(26)17-34-35-28)27-15-33(27,31(37)41)16-30(40)36-12-10-23(11-13-36)38-18-22-7-5-4-6-21(22)14-29(38)39/h4-9,17,23,27H,10-16,18-20H2,1-3H3,(H,34,35)/t27-,33?/m1/s1. The normalized spacial score (nSPS) is 24.7. The van der Waals surface area contributed by atoms with Crippen molar-refractivity contribution in [1.29, 1.82) is 0 Å². The highest BCUT2D eigenvalue weighted by Crippen LogP contribution is 2.65. The van der Waals surface area contributed by atoms with E-state index in [1.165, 1.54) is 16.7 Å². The van der Waals surface area contributed by atoms with Crippen LogP contribution >= 0.6 is 0 Å². The third-order valence-corrected chi connectivity index (χ3v) is 9.80. The van der Waals surface area contributed by atoms with Crippen LogP contribution in [-0.2, 0) is 33.9 Å². The summed E-state index contributed by atoms with van der Waals surface area (Å²) >= 11 is 0. The lowest BCUT2D eigenvalue weighted by atomic mass is 9.91. The molecule has 3 amide bonds. The highest BCUT2D eigenvalue weighted by molar-refractivity contribution is 5.95. The zero-order valence-electron chi connectivity index (χ0n) is 24.3. The van der Waals surface area contributed by atoms with Gasteiger partial charge in [-0.3, -0.25) is 19.5 Å². The Kier molecular flexibility index (Phi) is 6.03. The fraction of sp³-hybridized carbons (Fsp3) is 0.515. The topological polar surface area (TPSA) is 89.6 Å². The summed E-state index contributed by atoms with van der Waals surface area (Å²) in [6, 6.07) is 12.5. The Morgan fingerprint density at radius 2 is 1.80 bits per heavy atom. The molecule has 8 nitrogen and oxygen atoms in total. The summed E-state index contributed by atoms with van der Waals surface area (Å²) in [5, 5.41) is 8.41. The minimum Gasteiger partial charge on any atom is -0.343 e. The Hall–Kier alpha value is -3.68. The molecule has 2 fully saturated rings.